The lowest BCUT2D eigenvalue weighted by atomic mass is 10.3. The van der Waals surface area contributed by atoms with E-state index in [2.05, 4.69) is 21.1 Å². The van der Waals surface area contributed by atoms with E-state index in [1.807, 2.05) is 14.1 Å². The molecule has 1 saturated carbocycles. The second-order valence-electron chi connectivity index (χ2n) is 4.18. The fourth-order valence-corrected chi connectivity index (χ4v) is 1.45. The maximum absolute atomic E-state index is 8.67. The molecule has 15 heavy (non-hydrogen) atoms. The third kappa shape index (κ3) is 2.34. The van der Waals surface area contributed by atoms with Crippen molar-refractivity contribution in [1.29, 1.82) is 5.26 Å². The number of hydrogen-bond donors (Lipinski definition) is 0. The predicted octanol–water partition coefficient (Wildman–Crippen LogP) is 0.801. The summed E-state index contributed by atoms with van der Waals surface area (Å²) < 4.78 is 5.12. The molecule has 0 spiro atoms. The van der Waals surface area contributed by atoms with E-state index in [0.29, 0.717) is 5.89 Å². The highest BCUT2D eigenvalue weighted by atomic mass is 16.5. The maximum Gasteiger partial charge on any atom is 0.231 e. The van der Waals surface area contributed by atoms with Gasteiger partial charge in [0.25, 0.3) is 0 Å². The smallest absolute Gasteiger partial charge is 0.231 e. The largest absolute Gasteiger partial charge is 0.339 e. The van der Waals surface area contributed by atoms with Crippen molar-refractivity contribution in [2.24, 2.45) is 5.92 Å². The number of likely N-dealkylation sites (N-methyl/N-ethyl adjacent to an activating group) is 1. The summed E-state index contributed by atoms with van der Waals surface area (Å²) in [5.41, 5.74) is 0. The number of aromatic nitrogens is 2. The van der Waals surface area contributed by atoms with Crippen molar-refractivity contribution in [3.8, 4) is 6.07 Å². The summed E-state index contributed by atoms with van der Waals surface area (Å²) in [6.07, 6.45) is 1.66. The summed E-state index contributed by atoms with van der Waals surface area (Å²) in [5.74, 6) is 1.65. The van der Waals surface area contributed by atoms with Crippen LogP contribution in [-0.4, -0.2) is 35.7 Å². The molecule has 1 fully saturated rings. The summed E-state index contributed by atoms with van der Waals surface area (Å²) in [4.78, 5) is 6.36. The van der Waals surface area contributed by atoms with Crippen molar-refractivity contribution < 1.29 is 4.52 Å². The van der Waals surface area contributed by atoms with Gasteiger partial charge in [-0.1, -0.05) is 5.16 Å². The van der Waals surface area contributed by atoms with Gasteiger partial charge in [-0.2, -0.15) is 10.2 Å². The molecule has 0 radical (unpaired) electrons. The van der Waals surface area contributed by atoms with Crippen LogP contribution < -0.4 is 0 Å². The lowest BCUT2D eigenvalue weighted by Crippen LogP contribution is -2.15. The van der Waals surface area contributed by atoms with E-state index >= 15 is 0 Å². The van der Waals surface area contributed by atoms with E-state index in [1.165, 1.54) is 0 Å². The highest BCUT2D eigenvalue weighted by Crippen LogP contribution is 2.45. The number of nitrogens with zero attached hydrogens (tertiary/aromatic N) is 4. The lowest BCUT2D eigenvalue weighted by molar-refractivity contribution is 0.365. The minimum atomic E-state index is 0.0900. The first kappa shape index (κ1) is 10.1. The Morgan fingerprint density at radius 3 is 3.00 bits per heavy atom. The summed E-state index contributed by atoms with van der Waals surface area (Å²) in [6, 6.07) is 2.21. The molecule has 1 aliphatic rings. The Bertz CT molecular complexity index is 379. The van der Waals surface area contributed by atoms with E-state index in [0.717, 1.165) is 25.2 Å². The Kier molecular flexibility index (Phi) is 2.69. The Balaban J connectivity index is 1.91. The monoisotopic (exact) mass is 206 g/mol. The second kappa shape index (κ2) is 3.99. The molecule has 0 saturated heterocycles. The first-order valence-electron chi connectivity index (χ1n) is 5.07. The molecule has 0 amide bonds. The standard InChI is InChI=1S/C10H14N4O/c1-14(2)4-3-9-12-10(15-13-9)8-5-7(8)6-11/h7-8H,3-5H2,1-2H3. The molecular formula is C10H14N4O. The van der Waals surface area contributed by atoms with Crippen LogP contribution in [0.2, 0.25) is 0 Å². The van der Waals surface area contributed by atoms with E-state index in [-0.39, 0.29) is 11.8 Å². The Morgan fingerprint density at radius 1 is 1.60 bits per heavy atom. The molecule has 2 rings (SSSR count). The van der Waals surface area contributed by atoms with Gasteiger partial charge in [0, 0.05) is 13.0 Å². The number of rotatable bonds is 4. The van der Waals surface area contributed by atoms with Crippen LogP contribution >= 0.6 is 0 Å². The highest BCUT2D eigenvalue weighted by molar-refractivity contribution is 5.15. The van der Waals surface area contributed by atoms with Crippen LogP contribution in [0.1, 0.15) is 24.1 Å². The van der Waals surface area contributed by atoms with E-state index in [4.69, 9.17) is 9.78 Å². The normalized spacial score (nSPS) is 24.1. The predicted molar refractivity (Wildman–Crippen MR) is 53.0 cm³/mol. The highest BCUT2D eigenvalue weighted by Gasteiger charge is 2.43. The van der Waals surface area contributed by atoms with Crippen LogP contribution in [0, 0.1) is 17.2 Å². The summed E-state index contributed by atoms with van der Waals surface area (Å²) in [7, 11) is 4.02. The van der Waals surface area contributed by atoms with Crippen molar-refractivity contribution in [3.05, 3.63) is 11.7 Å². The molecule has 0 bridgehead atoms. The van der Waals surface area contributed by atoms with E-state index in [1.54, 1.807) is 0 Å². The molecule has 2 unspecified atom stereocenters. The molecule has 2 atom stereocenters. The van der Waals surface area contributed by atoms with Gasteiger partial charge in [-0.05, 0) is 20.5 Å². The summed E-state index contributed by atoms with van der Waals surface area (Å²) in [6.45, 7) is 0.908. The van der Waals surface area contributed by atoms with Crippen LogP contribution in [0.5, 0.6) is 0 Å². The lowest BCUT2D eigenvalue weighted by Gasteiger charge is -2.05. The van der Waals surface area contributed by atoms with Gasteiger partial charge in [-0.25, -0.2) is 0 Å². The molecule has 1 aromatic heterocycles. The maximum atomic E-state index is 8.67. The summed E-state index contributed by atoms with van der Waals surface area (Å²) >= 11 is 0. The van der Waals surface area contributed by atoms with Crippen molar-refractivity contribution in [1.82, 2.24) is 15.0 Å². The molecule has 0 N–H and O–H groups in total. The molecule has 1 aliphatic carbocycles. The van der Waals surface area contributed by atoms with Crippen LogP contribution in [0.15, 0.2) is 4.52 Å². The fraction of sp³-hybridized carbons (Fsp3) is 0.700. The molecule has 1 heterocycles. The molecule has 1 aromatic rings. The van der Waals surface area contributed by atoms with E-state index < -0.39 is 0 Å². The van der Waals surface area contributed by atoms with Gasteiger partial charge >= 0.3 is 0 Å². The molecule has 0 aliphatic heterocycles. The fourth-order valence-electron chi connectivity index (χ4n) is 1.45. The van der Waals surface area contributed by atoms with Gasteiger partial charge in [0.1, 0.15) is 0 Å². The van der Waals surface area contributed by atoms with Gasteiger partial charge < -0.3 is 9.42 Å². The zero-order valence-electron chi connectivity index (χ0n) is 8.97. The van der Waals surface area contributed by atoms with Gasteiger partial charge in [-0.3, -0.25) is 0 Å². The average molecular weight is 206 g/mol. The van der Waals surface area contributed by atoms with Crippen molar-refractivity contribution in [2.45, 2.75) is 18.8 Å². The van der Waals surface area contributed by atoms with Crippen molar-refractivity contribution >= 4 is 0 Å². The van der Waals surface area contributed by atoms with Gasteiger partial charge in [0.2, 0.25) is 5.89 Å². The topological polar surface area (TPSA) is 66.0 Å². The zero-order chi connectivity index (χ0) is 10.8. The number of hydrogen-bond acceptors (Lipinski definition) is 5. The molecule has 0 aromatic carbocycles. The molecule has 5 heteroatoms. The molecule has 80 valence electrons. The zero-order valence-corrected chi connectivity index (χ0v) is 8.97. The minimum Gasteiger partial charge on any atom is -0.339 e. The third-order valence-corrected chi connectivity index (χ3v) is 2.54. The SMILES string of the molecule is CN(C)CCc1noc(C2CC2C#N)n1. The first-order valence-corrected chi connectivity index (χ1v) is 5.07. The average Bonchev–Trinajstić information content (AvgIpc) is 2.86. The summed E-state index contributed by atoms with van der Waals surface area (Å²) in [5, 5.41) is 12.6. The van der Waals surface area contributed by atoms with Crippen LogP contribution in [-0.2, 0) is 6.42 Å². The van der Waals surface area contributed by atoms with Crippen LogP contribution in [0.4, 0.5) is 0 Å². The Hall–Kier alpha value is -1.41. The third-order valence-electron chi connectivity index (χ3n) is 2.54. The van der Waals surface area contributed by atoms with E-state index in [9.17, 15) is 0 Å². The van der Waals surface area contributed by atoms with Crippen LogP contribution in [0.25, 0.3) is 0 Å². The second-order valence-corrected chi connectivity index (χ2v) is 4.18. The van der Waals surface area contributed by atoms with Gasteiger partial charge in [0.15, 0.2) is 5.82 Å². The van der Waals surface area contributed by atoms with Crippen molar-refractivity contribution in [3.63, 3.8) is 0 Å². The van der Waals surface area contributed by atoms with Gasteiger partial charge in [0.05, 0.1) is 17.9 Å². The molecular weight excluding hydrogens is 192 g/mol. The first-order chi connectivity index (χ1) is 7.20. The van der Waals surface area contributed by atoms with Crippen molar-refractivity contribution in [2.75, 3.05) is 20.6 Å². The Labute approximate surface area is 88.7 Å². The van der Waals surface area contributed by atoms with Gasteiger partial charge in [-0.15, -0.1) is 0 Å². The minimum absolute atomic E-state index is 0.0900. The quantitative estimate of drug-likeness (QED) is 0.729. The number of nitriles is 1. The Morgan fingerprint density at radius 2 is 2.40 bits per heavy atom. The molecule has 5 nitrogen and oxygen atoms in total. The van der Waals surface area contributed by atoms with Crippen LogP contribution in [0.3, 0.4) is 0 Å².